The number of anilines is 1. The quantitative estimate of drug-likeness (QED) is 0.874. The molecule has 0 amide bonds. The molecule has 0 saturated carbocycles. The molecule has 0 aromatic heterocycles. The number of primary sulfonamides is 1. The minimum absolute atomic E-state index is 0. The van der Waals surface area contributed by atoms with Crippen molar-refractivity contribution in [1.82, 2.24) is 0 Å². The number of nitrogens with one attached hydrogen (secondary N) is 1. The van der Waals surface area contributed by atoms with E-state index in [1.54, 1.807) is 12.1 Å². The lowest BCUT2D eigenvalue weighted by atomic mass is 9.97. The Balaban J connectivity index is 0.00000256. The molecule has 4 nitrogen and oxygen atoms in total. The van der Waals surface area contributed by atoms with Crippen molar-refractivity contribution in [1.29, 1.82) is 0 Å². The molecule has 98 valence electrons. The largest absolute Gasteiger partial charge is 0.384 e. The highest BCUT2D eigenvalue weighted by molar-refractivity contribution is 7.89. The van der Waals surface area contributed by atoms with Crippen LogP contribution < -0.4 is 10.5 Å². The first-order chi connectivity index (χ1) is 7.18. The Hall–Kier alpha value is -1.07. The number of rotatable bonds is 3. The van der Waals surface area contributed by atoms with E-state index in [0.29, 0.717) is 0 Å². The Morgan fingerprint density at radius 1 is 1.29 bits per heavy atom. The van der Waals surface area contributed by atoms with E-state index in [1.165, 1.54) is 6.07 Å². The van der Waals surface area contributed by atoms with Gasteiger partial charge in [0.1, 0.15) is 0 Å². The smallest absolute Gasteiger partial charge is 0.238 e. The maximum absolute atomic E-state index is 11.1. The fourth-order valence-corrected chi connectivity index (χ4v) is 1.71. The van der Waals surface area contributed by atoms with Gasteiger partial charge in [0.25, 0.3) is 0 Å². The van der Waals surface area contributed by atoms with Crippen molar-refractivity contribution in [3.8, 4) is 0 Å². The van der Waals surface area contributed by atoms with E-state index in [-0.39, 0.29) is 17.7 Å². The van der Waals surface area contributed by atoms with Gasteiger partial charge in [0, 0.05) is 12.2 Å². The summed E-state index contributed by atoms with van der Waals surface area (Å²) in [7, 11) is -3.62. The topological polar surface area (TPSA) is 72.2 Å². The molecule has 5 heteroatoms. The van der Waals surface area contributed by atoms with E-state index < -0.39 is 10.0 Å². The van der Waals surface area contributed by atoms with E-state index in [2.05, 4.69) is 26.1 Å². The maximum Gasteiger partial charge on any atom is 0.238 e. The van der Waals surface area contributed by atoms with E-state index in [0.717, 1.165) is 12.2 Å². The van der Waals surface area contributed by atoms with Gasteiger partial charge in [-0.05, 0) is 23.6 Å². The normalized spacial score (nSPS) is 11.8. The highest BCUT2D eigenvalue weighted by Crippen LogP contribution is 2.17. The Labute approximate surface area is 104 Å². The van der Waals surface area contributed by atoms with Crippen LogP contribution in [0, 0.1) is 5.41 Å². The van der Waals surface area contributed by atoms with Gasteiger partial charge in [-0.15, -0.1) is 0 Å². The molecule has 0 aliphatic carbocycles. The summed E-state index contributed by atoms with van der Waals surface area (Å²) in [6.45, 7) is 7.07. The first kappa shape index (κ1) is 15.9. The highest BCUT2D eigenvalue weighted by atomic mass is 32.2. The summed E-state index contributed by atoms with van der Waals surface area (Å²) in [5.41, 5.74) is 0.902. The van der Waals surface area contributed by atoms with Crippen LogP contribution in [0.15, 0.2) is 29.2 Å². The molecule has 0 aliphatic heterocycles. The molecule has 3 N–H and O–H groups in total. The van der Waals surface area contributed by atoms with Crippen molar-refractivity contribution < 1.29 is 8.42 Å². The van der Waals surface area contributed by atoms with Crippen molar-refractivity contribution in [3.63, 3.8) is 0 Å². The summed E-state index contributed by atoms with van der Waals surface area (Å²) >= 11 is 0. The van der Waals surface area contributed by atoms with Crippen LogP contribution in [0.5, 0.6) is 0 Å². The van der Waals surface area contributed by atoms with Crippen LogP contribution in [-0.4, -0.2) is 15.0 Å². The van der Waals surface area contributed by atoms with Gasteiger partial charge in [0.15, 0.2) is 0 Å². The summed E-state index contributed by atoms with van der Waals surface area (Å²) in [4.78, 5) is 0.131. The average molecular weight is 258 g/mol. The van der Waals surface area contributed by atoms with Crippen LogP contribution in [-0.2, 0) is 10.0 Å². The van der Waals surface area contributed by atoms with Crippen LogP contribution in [0.2, 0.25) is 0 Å². The molecule has 0 spiro atoms. The van der Waals surface area contributed by atoms with Gasteiger partial charge >= 0.3 is 0 Å². The van der Waals surface area contributed by atoms with E-state index in [9.17, 15) is 8.42 Å². The zero-order chi connectivity index (χ0) is 12.4. The van der Waals surface area contributed by atoms with E-state index in [1.807, 2.05) is 6.07 Å². The lowest BCUT2D eigenvalue weighted by Crippen LogP contribution is -2.19. The fraction of sp³-hybridized carbons (Fsp3) is 0.500. The molecule has 17 heavy (non-hydrogen) atoms. The molecule has 1 aromatic carbocycles. The molecule has 1 aromatic rings. The number of hydrogen-bond acceptors (Lipinski definition) is 3. The summed E-state index contributed by atoms with van der Waals surface area (Å²) in [5, 5.41) is 8.23. The summed E-state index contributed by atoms with van der Waals surface area (Å²) < 4.78 is 22.3. The zero-order valence-electron chi connectivity index (χ0n) is 9.82. The maximum atomic E-state index is 11.1. The Morgan fingerprint density at radius 3 is 2.35 bits per heavy atom. The summed E-state index contributed by atoms with van der Waals surface area (Å²) in [6.07, 6.45) is 0. The average Bonchev–Trinajstić information content (AvgIpc) is 2.13. The molecule has 0 heterocycles. The van der Waals surface area contributed by atoms with Gasteiger partial charge in [0.2, 0.25) is 10.0 Å². The molecular formula is C12H22N2O2S. The van der Waals surface area contributed by atoms with Crippen molar-refractivity contribution in [3.05, 3.63) is 24.3 Å². The van der Waals surface area contributed by atoms with Crippen LogP contribution >= 0.6 is 0 Å². The third-order valence-corrected chi connectivity index (χ3v) is 2.90. The second kappa shape index (κ2) is 5.51. The van der Waals surface area contributed by atoms with Gasteiger partial charge in [-0.1, -0.05) is 34.3 Å². The van der Waals surface area contributed by atoms with E-state index in [4.69, 9.17) is 5.14 Å². The molecular weight excluding hydrogens is 236 g/mol. The van der Waals surface area contributed by atoms with Crippen molar-refractivity contribution >= 4 is 15.7 Å². The van der Waals surface area contributed by atoms with Gasteiger partial charge < -0.3 is 5.32 Å². The van der Waals surface area contributed by atoms with Gasteiger partial charge in [-0.2, -0.15) is 0 Å². The minimum atomic E-state index is -3.62. The van der Waals surface area contributed by atoms with Crippen molar-refractivity contribution in [2.45, 2.75) is 33.1 Å². The van der Waals surface area contributed by atoms with Crippen LogP contribution in [0.1, 0.15) is 28.2 Å². The standard InChI is InChI=1S/C11H18N2O2S.CH4/c1-11(2,3)8-13-9-5-4-6-10(7-9)16(12,14)15;/h4-7,13H,8H2,1-3H3,(H2,12,14,15);1H4. The van der Waals surface area contributed by atoms with Gasteiger partial charge in [0.05, 0.1) is 4.90 Å². The Morgan fingerprint density at radius 2 is 1.88 bits per heavy atom. The molecule has 0 atom stereocenters. The van der Waals surface area contributed by atoms with Gasteiger partial charge in [-0.3, -0.25) is 0 Å². The second-order valence-electron chi connectivity index (χ2n) is 4.99. The lowest BCUT2D eigenvalue weighted by molar-refractivity contribution is 0.443. The molecule has 1 rings (SSSR count). The van der Waals surface area contributed by atoms with Crippen molar-refractivity contribution in [2.75, 3.05) is 11.9 Å². The van der Waals surface area contributed by atoms with E-state index >= 15 is 0 Å². The lowest BCUT2D eigenvalue weighted by Gasteiger charge is -2.19. The molecule has 0 bridgehead atoms. The minimum Gasteiger partial charge on any atom is -0.384 e. The Bertz CT molecular complexity index is 462. The zero-order valence-corrected chi connectivity index (χ0v) is 10.6. The molecule has 0 fully saturated rings. The molecule has 0 radical (unpaired) electrons. The predicted octanol–water partition coefficient (Wildman–Crippen LogP) is 2.43. The van der Waals surface area contributed by atoms with Crippen LogP contribution in [0.25, 0.3) is 0 Å². The van der Waals surface area contributed by atoms with Crippen LogP contribution in [0.4, 0.5) is 5.69 Å². The van der Waals surface area contributed by atoms with Crippen molar-refractivity contribution in [2.24, 2.45) is 10.6 Å². The molecule has 0 unspecified atom stereocenters. The predicted molar refractivity (Wildman–Crippen MR) is 72.5 cm³/mol. The summed E-state index contributed by atoms with van der Waals surface area (Å²) in [5.74, 6) is 0. The van der Waals surface area contributed by atoms with Gasteiger partial charge in [-0.25, -0.2) is 13.6 Å². The van der Waals surface area contributed by atoms with Crippen LogP contribution in [0.3, 0.4) is 0 Å². The Kier molecular flexibility index (Phi) is 5.16. The number of nitrogens with two attached hydrogens (primary N) is 1. The second-order valence-corrected chi connectivity index (χ2v) is 6.55. The molecule has 0 saturated heterocycles. The number of sulfonamides is 1. The first-order valence-electron chi connectivity index (χ1n) is 5.05. The number of hydrogen-bond donors (Lipinski definition) is 2. The molecule has 0 aliphatic rings. The first-order valence-corrected chi connectivity index (χ1v) is 6.60. The number of benzene rings is 1. The highest BCUT2D eigenvalue weighted by Gasteiger charge is 2.11. The fourth-order valence-electron chi connectivity index (χ4n) is 1.15. The monoisotopic (exact) mass is 258 g/mol. The SMILES string of the molecule is C.CC(C)(C)CNc1cccc(S(N)(=O)=O)c1. The third kappa shape index (κ3) is 5.70. The third-order valence-electron chi connectivity index (χ3n) is 1.99. The summed E-state index contributed by atoms with van der Waals surface area (Å²) in [6, 6.07) is 6.52.